The van der Waals surface area contributed by atoms with Crippen LogP contribution in [0.15, 0.2) is 0 Å². The fraction of sp³-hybridized carbons (Fsp3) is 0.636. The quantitative estimate of drug-likeness (QED) is 0.678. The van der Waals surface area contributed by atoms with Gasteiger partial charge in [0.15, 0.2) is 0 Å². The lowest BCUT2D eigenvalue weighted by Gasteiger charge is -2.12. The standard InChI is InChI=1S/C11H18N4O2/c1-7-8(12)9(15(2)14-7)10(17)13-5-11(6-16)3-4-11/h16H,3-6,12H2,1-2H3,(H,13,17). The van der Waals surface area contributed by atoms with E-state index in [1.165, 1.54) is 4.68 Å². The van der Waals surface area contributed by atoms with Crippen LogP contribution in [-0.4, -0.2) is 33.9 Å². The van der Waals surface area contributed by atoms with Gasteiger partial charge in [0.2, 0.25) is 0 Å². The zero-order valence-electron chi connectivity index (χ0n) is 10.2. The highest BCUT2D eigenvalue weighted by atomic mass is 16.3. The summed E-state index contributed by atoms with van der Waals surface area (Å²) >= 11 is 0. The molecule has 17 heavy (non-hydrogen) atoms. The van der Waals surface area contributed by atoms with Gasteiger partial charge in [0, 0.05) is 19.0 Å². The van der Waals surface area contributed by atoms with E-state index in [1.807, 2.05) is 0 Å². The summed E-state index contributed by atoms with van der Waals surface area (Å²) in [5.74, 6) is -0.231. The Morgan fingerprint density at radius 3 is 2.71 bits per heavy atom. The van der Waals surface area contributed by atoms with Crippen molar-refractivity contribution < 1.29 is 9.90 Å². The molecule has 0 bridgehead atoms. The first-order valence-corrected chi connectivity index (χ1v) is 5.67. The minimum atomic E-state index is -0.231. The Bertz CT molecular complexity index is 449. The van der Waals surface area contributed by atoms with Crippen LogP contribution in [-0.2, 0) is 7.05 Å². The molecule has 6 nitrogen and oxygen atoms in total. The summed E-state index contributed by atoms with van der Waals surface area (Å²) in [5, 5.41) is 16.1. The molecule has 0 aliphatic heterocycles. The minimum Gasteiger partial charge on any atom is -0.396 e. The van der Waals surface area contributed by atoms with E-state index in [0.717, 1.165) is 12.8 Å². The van der Waals surface area contributed by atoms with Gasteiger partial charge < -0.3 is 16.2 Å². The molecule has 1 heterocycles. The summed E-state index contributed by atoms with van der Waals surface area (Å²) in [6.07, 6.45) is 1.92. The lowest BCUT2D eigenvalue weighted by molar-refractivity contribution is 0.0926. The van der Waals surface area contributed by atoms with Gasteiger partial charge in [0.25, 0.3) is 5.91 Å². The van der Waals surface area contributed by atoms with Crippen molar-refractivity contribution in [2.75, 3.05) is 18.9 Å². The molecule has 0 spiro atoms. The molecule has 6 heteroatoms. The number of carbonyl (C=O) groups is 1. The summed E-state index contributed by atoms with van der Waals surface area (Å²) in [6.45, 7) is 2.38. The number of aryl methyl sites for hydroxylation is 2. The van der Waals surface area contributed by atoms with Crippen molar-refractivity contribution in [1.82, 2.24) is 15.1 Å². The topological polar surface area (TPSA) is 93.2 Å². The highest BCUT2D eigenvalue weighted by Crippen LogP contribution is 2.44. The molecule has 2 rings (SSSR count). The van der Waals surface area contributed by atoms with Crippen LogP contribution in [0.25, 0.3) is 0 Å². The van der Waals surface area contributed by atoms with Gasteiger partial charge in [-0.25, -0.2) is 0 Å². The first-order chi connectivity index (χ1) is 7.99. The molecular formula is C11H18N4O2. The number of nitrogens with one attached hydrogen (secondary N) is 1. The molecule has 94 valence electrons. The first-order valence-electron chi connectivity index (χ1n) is 5.67. The third-order valence-corrected chi connectivity index (χ3v) is 3.40. The SMILES string of the molecule is Cc1nn(C)c(C(=O)NCC2(CO)CC2)c1N. The molecule has 0 radical (unpaired) electrons. The zero-order chi connectivity index (χ0) is 12.6. The van der Waals surface area contributed by atoms with Crippen molar-refractivity contribution in [2.45, 2.75) is 19.8 Å². The number of carbonyl (C=O) groups excluding carboxylic acids is 1. The molecule has 4 N–H and O–H groups in total. The third-order valence-electron chi connectivity index (χ3n) is 3.40. The Kier molecular flexibility index (Phi) is 2.82. The Hall–Kier alpha value is -1.56. The Balaban J connectivity index is 2.05. The van der Waals surface area contributed by atoms with Gasteiger partial charge in [-0.3, -0.25) is 9.48 Å². The summed E-state index contributed by atoms with van der Waals surface area (Å²) < 4.78 is 1.48. The fourth-order valence-corrected chi connectivity index (χ4v) is 1.86. The highest BCUT2D eigenvalue weighted by molar-refractivity contribution is 5.97. The molecule has 1 fully saturated rings. The number of hydrogen-bond donors (Lipinski definition) is 3. The van der Waals surface area contributed by atoms with E-state index in [9.17, 15) is 4.79 Å². The summed E-state index contributed by atoms with van der Waals surface area (Å²) in [5.41, 5.74) is 7.15. The van der Waals surface area contributed by atoms with E-state index in [4.69, 9.17) is 10.8 Å². The predicted molar refractivity (Wildman–Crippen MR) is 63.4 cm³/mol. The maximum atomic E-state index is 12.0. The number of anilines is 1. The first kappa shape index (κ1) is 11.9. The molecule has 0 atom stereocenters. The second-order valence-corrected chi connectivity index (χ2v) is 4.81. The molecule has 1 aromatic heterocycles. The van der Waals surface area contributed by atoms with Crippen LogP contribution in [0.5, 0.6) is 0 Å². The highest BCUT2D eigenvalue weighted by Gasteiger charge is 2.42. The average molecular weight is 238 g/mol. The van der Waals surface area contributed by atoms with Crippen LogP contribution < -0.4 is 11.1 Å². The van der Waals surface area contributed by atoms with E-state index in [1.54, 1.807) is 14.0 Å². The van der Waals surface area contributed by atoms with Gasteiger partial charge in [-0.15, -0.1) is 0 Å². The molecule has 0 unspecified atom stereocenters. The predicted octanol–water partition coefficient (Wildman–Crippen LogP) is -0.187. The minimum absolute atomic E-state index is 0.0991. The number of nitrogen functional groups attached to an aromatic ring is 1. The van der Waals surface area contributed by atoms with Crippen molar-refractivity contribution in [2.24, 2.45) is 12.5 Å². The number of nitrogens with zero attached hydrogens (tertiary/aromatic N) is 2. The maximum absolute atomic E-state index is 12.0. The Morgan fingerprint density at radius 1 is 1.65 bits per heavy atom. The molecule has 1 aliphatic carbocycles. The Morgan fingerprint density at radius 2 is 2.29 bits per heavy atom. The smallest absolute Gasteiger partial charge is 0.271 e. The van der Waals surface area contributed by atoms with Gasteiger partial charge >= 0.3 is 0 Å². The second-order valence-electron chi connectivity index (χ2n) is 4.81. The number of rotatable bonds is 4. The number of aliphatic hydroxyl groups is 1. The van der Waals surface area contributed by atoms with Crippen molar-refractivity contribution >= 4 is 11.6 Å². The van der Waals surface area contributed by atoms with Crippen LogP contribution in [0.1, 0.15) is 29.0 Å². The lowest BCUT2D eigenvalue weighted by Crippen LogP contribution is -2.33. The van der Waals surface area contributed by atoms with E-state index >= 15 is 0 Å². The van der Waals surface area contributed by atoms with E-state index in [-0.39, 0.29) is 17.9 Å². The van der Waals surface area contributed by atoms with Crippen LogP contribution >= 0.6 is 0 Å². The molecular weight excluding hydrogens is 220 g/mol. The number of hydrogen-bond acceptors (Lipinski definition) is 4. The zero-order valence-corrected chi connectivity index (χ0v) is 10.2. The summed E-state index contributed by atoms with van der Waals surface area (Å²) in [7, 11) is 1.69. The normalized spacial score (nSPS) is 16.9. The number of aromatic nitrogens is 2. The van der Waals surface area contributed by atoms with Crippen LogP contribution in [0.2, 0.25) is 0 Å². The summed E-state index contributed by atoms with van der Waals surface area (Å²) in [6, 6.07) is 0. The summed E-state index contributed by atoms with van der Waals surface area (Å²) in [4.78, 5) is 12.0. The van der Waals surface area contributed by atoms with Crippen molar-refractivity contribution in [3.8, 4) is 0 Å². The fourth-order valence-electron chi connectivity index (χ4n) is 1.86. The number of nitrogens with two attached hydrogens (primary N) is 1. The maximum Gasteiger partial charge on any atom is 0.271 e. The second kappa shape index (κ2) is 4.03. The number of amides is 1. The number of aliphatic hydroxyl groups excluding tert-OH is 1. The van der Waals surface area contributed by atoms with Crippen molar-refractivity contribution in [3.63, 3.8) is 0 Å². The van der Waals surface area contributed by atoms with Gasteiger partial charge in [-0.2, -0.15) is 5.10 Å². The van der Waals surface area contributed by atoms with E-state index < -0.39 is 0 Å². The van der Waals surface area contributed by atoms with Crippen molar-refractivity contribution in [1.29, 1.82) is 0 Å². The lowest BCUT2D eigenvalue weighted by atomic mass is 10.1. The van der Waals surface area contributed by atoms with Gasteiger partial charge in [0.1, 0.15) is 5.69 Å². The average Bonchev–Trinajstić information content (AvgIpc) is 3.02. The monoisotopic (exact) mass is 238 g/mol. The molecule has 1 aliphatic rings. The van der Waals surface area contributed by atoms with Gasteiger partial charge in [-0.1, -0.05) is 0 Å². The van der Waals surface area contributed by atoms with E-state index in [0.29, 0.717) is 23.6 Å². The molecule has 0 saturated heterocycles. The molecule has 1 aromatic rings. The third kappa shape index (κ3) is 2.12. The molecule has 1 saturated carbocycles. The van der Waals surface area contributed by atoms with Gasteiger partial charge in [-0.05, 0) is 19.8 Å². The van der Waals surface area contributed by atoms with E-state index in [2.05, 4.69) is 10.4 Å². The van der Waals surface area contributed by atoms with Crippen LogP contribution in [0.4, 0.5) is 5.69 Å². The Labute approximate surface area is 99.8 Å². The van der Waals surface area contributed by atoms with Crippen LogP contribution in [0, 0.1) is 12.3 Å². The van der Waals surface area contributed by atoms with Crippen molar-refractivity contribution in [3.05, 3.63) is 11.4 Å². The molecule has 1 amide bonds. The van der Waals surface area contributed by atoms with Gasteiger partial charge in [0.05, 0.1) is 18.0 Å². The van der Waals surface area contributed by atoms with Crippen LogP contribution in [0.3, 0.4) is 0 Å². The largest absolute Gasteiger partial charge is 0.396 e. The molecule has 0 aromatic carbocycles.